The molecule has 10 nitrogen and oxygen atoms in total. The summed E-state index contributed by atoms with van der Waals surface area (Å²) in [6.07, 6.45) is 0.168. The molecule has 25 heavy (non-hydrogen) atoms. The number of aromatic amines is 1. The maximum absolute atomic E-state index is 12.0. The van der Waals surface area contributed by atoms with Gasteiger partial charge in [-0.25, -0.2) is 4.79 Å². The van der Waals surface area contributed by atoms with E-state index in [1.54, 1.807) is 0 Å². The normalized spacial score (nSPS) is 11.4. The molecule has 0 fully saturated rings. The van der Waals surface area contributed by atoms with Gasteiger partial charge in [0, 0.05) is 25.6 Å². The maximum atomic E-state index is 12.0. The van der Waals surface area contributed by atoms with Crippen molar-refractivity contribution in [2.24, 2.45) is 0 Å². The van der Waals surface area contributed by atoms with E-state index >= 15 is 0 Å². The average Bonchev–Trinajstić information content (AvgIpc) is 2.98. The van der Waals surface area contributed by atoms with Crippen LogP contribution >= 0.6 is 23.6 Å². The van der Waals surface area contributed by atoms with Crippen LogP contribution in [0.1, 0.15) is 5.56 Å². The third-order valence-electron chi connectivity index (χ3n) is 3.11. The Balaban J connectivity index is 2.05. The van der Waals surface area contributed by atoms with Crippen LogP contribution in [-0.2, 0) is 11.2 Å². The Bertz CT molecular complexity index is 832. The SMILES string of the molecule is CNC(=O)[C@H](Cc1ccc([N+](=O)[O-])cc1)NC(=O)Nc1n[nH]c(=S)s1. The van der Waals surface area contributed by atoms with Gasteiger partial charge in [0.05, 0.1) is 4.92 Å². The van der Waals surface area contributed by atoms with Gasteiger partial charge < -0.3 is 10.6 Å². The quantitative estimate of drug-likeness (QED) is 0.339. The fourth-order valence-corrected chi connectivity index (χ4v) is 2.73. The van der Waals surface area contributed by atoms with Crippen LogP contribution in [0.15, 0.2) is 24.3 Å². The Morgan fingerprint density at radius 3 is 2.60 bits per heavy atom. The van der Waals surface area contributed by atoms with Crippen LogP contribution in [0.25, 0.3) is 0 Å². The molecule has 0 spiro atoms. The number of aromatic nitrogens is 2. The standard InChI is InChI=1S/C13H14N6O4S2/c1-14-10(20)9(6-7-2-4-8(5-3-7)19(22)23)15-11(21)16-12-17-18-13(24)25-12/h2-5,9H,6H2,1H3,(H,14,20)(H,18,24)(H2,15,16,17,21)/t9-/m0/s1. The van der Waals surface area contributed by atoms with Crippen molar-refractivity contribution >= 4 is 46.3 Å². The number of hydrogen-bond donors (Lipinski definition) is 4. The molecule has 0 radical (unpaired) electrons. The Hall–Kier alpha value is -2.86. The number of carbonyl (C=O) groups is 2. The summed E-state index contributed by atoms with van der Waals surface area (Å²) in [5.41, 5.74) is 0.612. The largest absolute Gasteiger partial charge is 0.357 e. The monoisotopic (exact) mass is 382 g/mol. The molecule has 0 aliphatic rings. The number of benzene rings is 1. The van der Waals surface area contributed by atoms with Crippen LogP contribution in [0.2, 0.25) is 0 Å². The summed E-state index contributed by atoms with van der Waals surface area (Å²) in [4.78, 5) is 34.2. The number of carbonyl (C=O) groups excluding carboxylic acids is 2. The number of hydrogen-bond acceptors (Lipinski definition) is 7. The van der Waals surface area contributed by atoms with Crippen LogP contribution < -0.4 is 16.0 Å². The zero-order chi connectivity index (χ0) is 18.4. The minimum Gasteiger partial charge on any atom is -0.357 e. The van der Waals surface area contributed by atoms with Gasteiger partial charge in [0.2, 0.25) is 11.0 Å². The molecule has 0 unspecified atom stereocenters. The van der Waals surface area contributed by atoms with Crippen LogP contribution in [0.3, 0.4) is 0 Å². The number of urea groups is 1. The van der Waals surface area contributed by atoms with Crippen molar-refractivity contribution in [3.05, 3.63) is 43.9 Å². The molecule has 0 aliphatic heterocycles. The molecule has 4 N–H and O–H groups in total. The second-order valence-electron chi connectivity index (χ2n) is 4.81. The highest BCUT2D eigenvalue weighted by atomic mass is 32.1. The molecule has 12 heteroatoms. The molecule has 1 atom stereocenters. The first-order chi connectivity index (χ1) is 11.9. The predicted molar refractivity (Wildman–Crippen MR) is 94.1 cm³/mol. The van der Waals surface area contributed by atoms with Crippen molar-refractivity contribution in [1.82, 2.24) is 20.8 Å². The Morgan fingerprint density at radius 2 is 2.08 bits per heavy atom. The average molecular weight is 382 g/mol. The summed E-state index contributed by atoms with van der Waals surface area (Å²) in [5.74, 6) is -0.400. The van der Waals surface area contributed by atoms with E-state index in [2.05, 4.69) is 26.1 Å². The van der Waals surface area contributed by atoms with E-state index in [0.29, 0.717) is 9.52 Å². The van der Waals surface area contributed by atoms with E-state index in [4.69, 9.17) is 12.2 Å². The summed E-state index contributed by atoms with van der Waals surface area (Å²) >= 11 is 5.94. The molecular weight excluding hydrogens is 368 g/mol. The Labute approximate surface area is 150 Å². The van der Waals surface area contributed by atoms with Crippen molar-refractivity contribution in [2.75, 3.05) is 12.4 Å². The molecule has 0 saturated heterocycles. The van der Waals surface area contributed by atoms with E-state index in [9.17, 15) is 19.7 Å². The molecule has 132 valence electrons. The van der Waals surface area contributed by atoms with Gasteiger partial charge in [-0.2, -0.15) is 0 Å². The summed E-state index contributed by atoms with van der Waals surface area (Å²) in [7, 11) is 1.45. The van der Waals surface area contributed by atoms with Crippen molar-refractivity contribution in [2.45, 2.75) is 12.5 Å². The molecule has 1 aromatic carbocycles. The van der Waals surface area contributed by atoms with E-state index in [-0.39, 0.29) is 17.2 Å². The highest BCUT2D eigenvalue weighted by Gasteiger charge is 2.21. The van der Waals surface area contributed by atoms with Gasteiger partial charge in [0.15, 0.2) is 3.95 Å². The van der Waals surface area contributed by atoms with Gasteiger partial charge in [-0.1, -0.05) is 23.5 Å². The molecule has 2 rings (SSSR count). The number of likely N-dealkylation sites (N-methyl/N-ethyl adjacent to an activating group) is 1. The van der Waals surface area contributed by atoms with Crippen LogP contribution in [-0.4, -0.2) is 40.1 Å². The molecule has 0 aliphatic carbocycles. The number of rotatable bonds is 6. The molecule has 2 aromatic rings. The topological polar surface area (TPSA) is 142 Å². The molecule has 3 amide bonds. The fraction of sp³-hybridized carbons (Fsp3) is 0.231. The Morgan fingerprint density at radius 1 is 1.40 bits per heavy atom. The highest BCUT2D eigenvalue weighted by Crippen LogP contribution is 2.14. The Kier molecular flexibility index (Phi) is 6.14. The van der Waals surface area contributed by atoms with Gasteiger partial charge >= 0.3 is 6.03 Å². The lowest BCUT2D eigenvalue weighted by molar-refractivity contribution is -0.384. The van der Waals surface area contributed by atoms with Crippen molar-refractivity contribution in [3.8, 4) is 0 Å². The first-order valence-corrected chi connectivity index (χ1v) is 8.19. The number of nitrogens with zero attached hydrogens (tertiary/aromatic N) is 2. The minimum absolute atomic E-state index is 0.0503. The van der Waals surface area contributed by atoms with Crippen molar-refractivity contribution in [1.29, 1.82) is 0 Å². The van der Waals surface area contributed by atoms with E-state index in [1.165, 1.54) is 31.3 Å². The first-order valence-electron chi connectivity index (χ1n) is 6.97. The third-order valence-corrected chi connectivity index (χ3v) is 4.12. The van der Waals surface area contributed by atoms with Gasteiger partial charge in [0.25, 0.3) is 5.69 Å². The summed E-state index contributed by atoms with van der Waals surface area (Å²) in [5, 5.41) is 24.7. The zero-order valence-corrected chi connectivity index (χ0v) is 14.6. The van der Waals surface area contributed by atoms with E-state index < -0.39 is 22.9 Å². The molecule has 1 aromatic heterocycles. The van der Waals surface area contributed by atoms with Gasteiger partial charge in [0.1, 0.15) is 6.04 Å². The number of nitrogens with one attached hydrogen (secondary N) is 4. The van der Waals surface area contributed by atoms with Gasteiger partial charge in [-0.05, 0) is 17.8 Å². The summed E-state index contributed by atoms with van der Waals surface area (Å²) in [6.45, 7) is 0. The summed E-state index contributed by atoms with van der Waals surface area (Å²) < 4.78 is 0.407. The number of H-pyrrole nitrogens is 1. The lowest BCUT2D eigenvalue weighted by Crippen LogP contribution is -2.48. The fourth-order valence-electron chi connectivity index (χ4n) is 1.95. The predicted octanol–water partition coefficient (Wildman–Crippen LogP) is 1.59. The third kappa shape index (κ3) is 5.32. The molecule has 0 bridgehead atoms. The van der Waals surface area contributed by atoms with Crippen LogP contribution in [0.4, 0.5) is 15.6 Å². The first kappa shape index (κ1) is 18.5. The van der Waals surface area contributed by atoms with Crippen LogP contribution in [0.5, 0.6) is 0 Å². The second kappa shape index (κ2) is 8.30. The van der Waals surface area contributed by atoms with Crippen molar-refractivity contribution in [3.63, 3.8) is 0 Å². The van der Waals surface area contributed by atoms with Gasteiger partial charge in [-0.3, -0.25) is 25.3 Å². The van der Waals surface area contributed by atoms with Crippen LogP contribution in [0, 0.1) is 14.1 Å². The van der Waals surface area contributed by atoms with Crippen molar-refractivity contribution < 1.29 is 14.5 Å². The number of nitro benzene ring substituents is 1. The lowest BCUT2D eigenvalue weighted by Gasteiger charge is -2.17. The van der Waals surface area contributed by atoms with E-state index in [0.717, 1.165) is 11.3 Å². The molecule has 1 heterocycles. The lowest BCUT2D eigenvalue weighted by atomic mass is 10.0. The van der Waals surface area contributed by atoms with Gasteiger partial charge in [-0.15, -0.1) is 5.10 Å². The highest BCUT2D eigenvalue weighted by molar-refractivity contribution is 7.73. The van der Waals surface area contributed by atoms with E-state index in [1.807, 2.05) is 0 Å². The number of anilines is 1. The molecular formula is C13H14N6O4S2. The number of amides is 3. The summed E-state index contributed by atoms with van der Waals surface area (Å²) in [6, 6.07) is 4.27. The second-order valence-corrected chi connectivity index (χ2v) is 6.48. The molecule has 0 saturated carbocycles. The smallest absolute Gasteiger partial charge is 0.321 e. The maximum Gasteiger partial charge on any atom is 0.321 e. The number of non-ortho nitro benzene ring substituents is 1. The zero-order valence-electron chi connectivity index (χ0n) is 12.9. The number of nitro groups is 1. The minimum atomic E-state index is -0.863.